The molecule has 0 bridgehead atoms. The molecule has 0 aliphatic heterocycles. The number of nitrogens with zero attached hydrogens (tertiary/aromatic N) is 5. The largest absolute Gasteiger partial charge is 0.365 e. The van der Waals surface area contributed by atoms with Gasteiger partial charge in [-0.3, -0.25) is 0 Å². The summed E-state index contributed by atoms with van der Waals surface area (Å²) < 4.78 is 14.7. The minimum absolute atomic E-state index is 0.249. The van der Waals surface area contributed by atoms with E-state index in [1.165, 1.54) is 12.1 Å². The summed E-state index contributed by atoms with van der Waals surface area (Å²) in [5.41, 5.74) is 2.32. The Labute approximate surface area is 126 Å². The summed E-state index contributed by atoms with van der Waals surface area (Å²) in [4.78, 5) is 8.88. The molecule has 0 spiro atoms. The Morgan fingerprint density at radius 3 is 2.73 bits per heavy atom. The molecule has 7 heteroatoms. The Hall–Kier alpha value is -2.57. The minimum Gasteiger partial charge on any atom is -0.365 e. The van der Waals surface area contributed by atoms with E-state index in [9.17, 15) is 4.39 Å². The van der Waals surface area contributed by atoms with E-state index in [2.05, 4.69) is 25.6 Å². The van der Waals surface area contributed by atoms with Gasteiger partial charge >= 0.3 is 0 Å². The quantitative estimate of drug-likeness (QED) is 0.800. The van der Waals surface area contributed by atoms with Gasteiger partial charge in [0.05, 0.1) is 6.54 Å². The second-order valence-corrected chi connectivity index (χ2v) is 5.58. The van der Waals surface area contributed by atoms with Crippen LogP contribution in [0.25, 0.3) is 11.2 Å². The number of fused-ring (bicyclic) bond motifs is 1. The predicted molar refractivity (Wildman–Crippen MR) is 80.0 cm³/mol. The molecule has 1 saturated carbocycles. The van der Waals surface area contributed by atoms with Crippen molar-refractivity contribution in [1.82, 2.24) is 25.0 Å². The number of aryl methyl sites for hydroxylation is 1. The topological polar surface area (TPSA) is 68.5 Å². The fraction of sp³-hybridized carbons (Fsp3) is 0.333. The van der Waals surface area contributed by atoms with E-state index in [4.69, 9.17) is 0 Å². The normalized spacial score (nSPS) is 14.5. The maximum atomic E-state index is 13.0. The SMILES string of the molecule is Cc1nc(NC2CC2)c2nnn(Cc3ccc(F)cc3)c2n1. The van der Waals surface area contributed by atoms with E-state index in [0.717, 1.165) is 24.2 Å². The molecule has 4 rings (SSSR count). The average Bonchev–Trinajstić information content (AvgIpc) is 3.22. The highest BCUT2D eigenvalue weighted by Crippen LogP contribution is 2.27. The first-order chi connectivity index (χ1) is 10.7. The Balaban J connectivity index is 1.71. The van der Waals surface area contributed by atoms with Crippen molar-refractivity contribution in [3.63, 3.8) is 0 Å². The summed E-state index contributed by atoms with van der Waals surface area (Å²) >= 11 is 0. The molecule has 1 N–H and O–H groups in total. The lowest BCUT2D eigenvalue weighted by Crippen LogP contribution is -2.07. The molecule has 1 aliphatic rings. The van der Waals surface area contributed by atoms with Gasteiger partial charge < -0.3 is 5.32 Å². The average molecular weight is 298 g/mol. The van der Waals surface area contributed by atoms with Crippen LogP contribution >= 0.6 is 0 Å². The molecule has 3 aromatic rings. The molecule has 6 nitrogen and oxygen atoms in total. The first-order valence-electron chi connectivity index (χ1n) is 7.28. The van der Waals surface area contributed by atoms with Crippen LogP contribution in [0.4, 0.5) is 10.2 Å². The predicted octanol–water partition coefficient (Wildman–Crippen LogP) is 2.29. The van der Waals surface area contributed by atoms with E-state index >= 15 is 0 Å². The number of rotatable bonds is 4. The molecule has 2 heterocycles. The van der Waals surface area contributed by atoms with Crippen molar-refractivity contribution < 1.29 is 4.39 Å². The number of nitrogens with one attached hydrogen (secondary N) is 1. The first kappa shape index (κ1) is 13.1. The van der Waals surface area contributed by atoms with E-state index in [1.54, 1.807) is 16.8 Å². The second kappa shape index (κ2) is 5.01. The van der Waals surface area contributed by atoms with Crippen LogP contribution in [-0.2, 0) is 6.54 Å². The summed E-state index contributed by atoms with van der Waals surface area (Å²) in [7, 11) is 0. The zero-order valence-corrected chi connectivity index (χ0v) is 12.1. The van der Waals surface area contributed by atoms with E-state index in [-0.39, 0.29) is 5.82 Å². The summed E-state index contributed by atoms with van der Waals surface area (Å²) in [6.45, 7) is 2.35. The molecule has 1 aliphatic carbocycles. The van der Waals surface area contributed by atoms with Crippen molar-refractivity contribution in [2.75, 3.05) is 5.32 Å². The molecule has 112 valence electrons. The molecular formula is C15H15FN6. The Morgan fingerprint density at radius 2 is 2.00 bits per heavy atom. The molecule has 0 radical (unpaired) electrons. The third kappa shape index (κ3) is 2.49. The number of anilines is 1. The van der Waals surface area contributed by atoms with Gasteiger partial charge in [-0.05, 0) is 37.5 Å². The Morgan fingerprint density at radius 1 is 1.23 bits per heavy atom. The molecule has 0 amide bonds. The first-order valence-corrected chi connectivity index (χ1v) is 7.28. The lowest BCUT2D eigenvalue weighted by atomic mass is 10.2. The van der Waals surface area contributed by atoms with Crippen molar-refractivity contribution in [3.05, 3.63) is 41.5 Å². The molecule has 1 fully saturated rings. The maximum absolute atomic E-state index is 13.0. The lowest BCUT2D eigenvalue weighted by Gasteiger charge is -2.06. The van der Waals surface area contributed by atoms with Crippen molar-refractivity contribution in [3.8, 4) is 0 Å². The number of benzene rings is 1. The van der Waals surface area contributed by atoms with Gasteiger partial charge in [0.25, 0.3) is 0 Å². The van der Waals surface area contributed by atoms with Crippen LogP contribution in [0.1, 0.15) is 24.2 Å². The van der Waals surface area contributed by atoms with Crippen molar-refractivity contribution >= 4 is 17.0 Å². The fourth-order valence-corrected chi connectivity index (χ4v) is 2.36. The number of halogens is 1. The van der Waals surface area contributed by atoms with E-state index < -0.39 is 0 Å². The van der Waals surface area contributed by atoms with Crippen molar-refractivity contribution in [2.45, 2.75) is 32.4 Å². The van der Waals surface area contributed by atoms with Crippen LogP contribution in [0.2, 0.25) is 0 Å². The van der Waals surface area contributed by atoms with Gasteiger partial charge in [0.2, 0.25) is 0 Å². The van der Waals surface area contributed by atoms with Crippen LogP contribution in [-0.4, -0.2) is 31.0 Å². The lowest BCUT2D eigenvalue weighted by molar-refractivity contribution is 0.623. The fourth-order valence-electron chi connectivity index (χ4n) is 2.36. The van der Waals surface area contributed by atoms with Gasteiger partial charge in [-0.25, -0.2) is 19.0 Å². The zero-order chi connectivity index (χ0) is 15.1. The molecule has 0 saturated heterocycles. The van der Waals surface area contributed by atoms with E-state index in [1.807, 2.05) is 6.92 Å². The molecule has 2 aromatic heterocycles. The van der Waals surface area contributed by atoms with Crippen LogP contribution in [0.5, 0.6) is 0 Å². The van der Waals surface area contributed by atoms with Crippen LogP contribution < -0.4 is 5.32 Å². The standard InChI is InChI=1S/C15H15FN6/c1-9-17-14(19-12-6-7-12)13-15(18-9)22(21-20-13)8-10-2-4-11(16)5-3-10/h2-5,12H,6-8H2,1H3,(H,17,18,19). The third-order valence-electron chi connectivity index (χ3n) is 3.64. The molecular weight excluding hydrogens is 283 g/mol. The summed E-state index contributed by atoms with van der Waals surface area (Å²) in [6, 6.07) is 6.84. The van der Waals surface area contributed by atoms with Gasteiger partial charge in [-0.15, -0.1) is 5.10 Å². The van der Waals surface area contributed by atoms with Crippen LogP contribution in [0.3, 0.4) is 0 Å². The summed E-state index contributed by atoms with van der Waals surface area (Å²) in [5.74, 6) is 1.18. The third-order valence-corrected chi connectivity index (χ3v) is 3.64. The number of hydrogen-bond acceptors (Lipinski definition) is 5. The van der Waals surface area contributed by atoms with Crippen LogP contribution in [0.15, 0.2) is 24.3 Å². The van der Waals surface area contributed by atoms with Crippen molar-refractivity contribution in [2.24, 2.45) is 0 Å². The molecule has 0 unspecified atom stereocenters. The van der Waals surface area contributed by atoms with E-state index in [0.29, 0.717) is 29.6 Å². The van der Waals surface area contributed by atoms with Gasteiger partial charge in [-0.1, -0.05) is 17.3 Å². The van der Waals surface area contributed by atoms with Gasteiger partial charge in [0, 0.05) is 6.04 Å². The summed E-state index contributed by atoms with van der Waals surface area (Å²) in [5, 5.41) is 11.7. The highest BCUT2D eigenvalue weighted by molar-refractivity contribution is 5.82. The Bertz CT molecular complexity index is 822. The highest BCUT2D eigenvalue weighted by atomic mass is 19.1. The summed E-state index contributed by atoms with van der Waals surface area (Å²) in [6.07, 6.45) is 2.32. The van der Waals surface area contributed by atoms with Crippen LogP contribution in [0, 0.1) is 12.7 Å². The molecule has 1 aromatic carbocycles. The smallest absolute Gasteiger partial charge is 0.184 e. The van der Waals surface area contributed by atoms with Gasteiger partial charge in [0.1, 0.15) is 11.6 Å². The highest BCUT2D eigenvalue weighted by Gasteiger charge is 2.24. The molecule has 0 atom stereocenters. The van der Waals surface area contributed by atoms with Crippen molar-refractivity contribution in [1.29, 1.82) is 0 Å². The minimum atomic E-state index is -0.249. The monoisotopic (exact) mass is 298 g/mol. The number of hydrogen-bond donors (Lipinski definition) is 1. The van der Waals surface area contributed by atoms with Gasteiger partial charge in [0.15, 0.2) is 17.0 Å². The Kier molecular flexibility index (Phi) is 2.99. The zero-order valence-electron chi connectivity index (χ0n) is 12.1. The molecule has 22 heavy (non-hydrogen) atoms. The maximum Gasteiger partial charge on any atom is 0.184 e. The number of aromatic nitrogens is 5. The second-order valence-electron chi connectivity index (χ2n) is 5.58. The van der Waals surface area contributed by atoms with Gasteiger partial charge in [-0.2, -0.15) is 0 Å².